The molecule has 8 nitrogen and oxygen atoms in total. The normalized spacial score (nSPS) is 20.3. The van der Waals surface area contributed by atoms with Crippen molar-refractivity contribution < 1.29 is 19.2 Å². The predicted octanol–water partition coefficient (Wildman–Crippen LogP) is 2.59. The summed E-state index contributed by atoms with van der Waals surface area (Å²) in [7, 11) is 0. The first-order chi connectivity index (χ1) is 16.9. The van der Waals surface area contributed by atoms with Crippen molar-refractivity contribution in [2.24, 2.45) is 0 Å². The first-order valence-corrected chi connectivity index (χ1v) is 11.6. The van der Waals surface area contributed by atoms with Gasteiger partial charge in [-0.05, 0) is 41.5 Å². The smallest absolute Gasteiger partial charge is 0.325 e. The van der Waals surface area contributed by atoms with E-state index in [1.54, 1.807) is 28.9 Å². The number of urea groups is 1. The molecular formula is C27H26N4O4. The molecule has 35 heavy (non-hydrogen) atoms. The Morgan fingerprint density at radius 3 is 2.17 bits per heavy atom. The summed E-state index contributed by atoms with van der Waals surface area (Å²) in [6.45, 7) is 2.82. The summed E-state index contributed by atoms with van der Waals surface area (Å²) < 4.78 is 0. The summed E-state index contributed by atoms with van der Waals surface area (Å²) in [6, 6.07) is 21.9. The van der Waals surface area contributed by atoms with E-state index in [0.717, 1.165) is 15.7 Å². The molecule has 0 saturated carbocycles. The number of benzene rings is 3. The molecule has 0 unspecified atom stereocenters. The van der Waals surface area contributed by atoms with Crippen LogP contribution in [0.4, 0.5) is 4.79 Å². The second kappa shape index (κ2) is 8.87. The van der Waals surface area contributed by atoms with Crippen molar-refractivity contribution in [3.63, 3.8) is 0 Å². The van der Waals surface area contributed by atoms with Crippen molar-refractivity contribution in [2.75, 3.05) is 32.7 Å². The van der Waals surface area contributed by atoms with Crippen molar-refractivity contribution in [2.45, 2.75) is 12.5 Å². The van der Waals surface area contributed by atoms with Gasteiger partial charge in [-0.3, -0.25) is 19.3 Å². The van der Waals surface area contributed by atoms with Gasteiger partial charge in [-0.15, -0.1) is 0 Å². The average Bonchev–Trinajstić information content (AvgIpc) is 3.12. The number of imide groups is 1. The highest BCUT2D eigenvalue weighted by molar-refractivity contribution is 6.09. The lowest BCUT2D eigenvalue weighted by atomic mass is 9.90. The van der Waals surface area contributed by atoms with Crippen LogP contribution in [0.25, 0.3) is 10.8 Å². The van der Waals surface area contributed by atoms with E-state index in [9.17, 15) is 19.2 Å². The second-order valence-electron chi connectivity index (χ2n) is 9.05. The van der Waals surface area contributed by atoms with Crippen molar-refractivity contribution in [1.29, 1.82) is 0 Å². The van der Waals surface area contributed by atoms with Crippen molar-refractivity contribution in [3.05, 3.63) is 83.9 Å². The van der Waals surface area contributed by atoms with E-state index in [-0.39, 0.29) is 18.4 Å². The third kappa shape index (κ3) is 4.12. The molecule has 0 spiro atoms. The fraction of sp³-hybridized carbons (Fsp3) is 0.259. The number of nitrogens with one attached hydrogen (secondary N) is 1. The Labute approximate surface area is 203 Å². The summed E-state index contributed by atoms with van der Waals surface area (Å²) in [5, 5.41) is 4.77. The van der Waals surface area contributed by atoms with Gasteiger partial charge in [0.2, 0.25) is 5.91 Å². The summed E-state index contributed by atoms with van der Waals surface area (Å²) >= 11 is 0. The van der Waals surface area contributed by atoms with Crippen molar-refractivity contribution in [1.82, 2.24) is 20.0 Å². The van der Waals surface area contributed by atoms with Gasteiger partial charge >= 0.3 is 6.03 Å². The molecule has 0 aliphatic carbocycles. The highest BCUT2D eigenvalue weighted by Gasteiger charge is 2.49. The number of rotatable bonds is 4. The molecule has 0 aromatic heterocycles. The number of piperazine rings is 1. The molecule has 3 aromatic rings. The van der Waals surface area contributed by atoms with E-state index in [1.807, 2.05) is 60.7 Å². The zero-order valence-electron chi connectivity index (χ0n) is 19.4. The maximum atomic E-state index is 13.3. The number of fused-ring (bicyclic) bond motifs is 1. The molecule has 5 amide bonds. The number of carbonyl (C=O) groups is 4. The molecule has 2 fully saturated rings. The molecule has 2 aliphatic heterocycles. The number of nitrogens with zero attached hydrogens (tertiary/aromatic N) is 3. The van der Waals surface area contributed by atoms with Crippen LogP contribution >= 0.6 is 0 Å². The zero-order valence-corrected chi connectivity index (χ0v) is 19.4. The predicted molar refractivity (Wildman–Crippen MR) is 130 cm³/mol. The highest BCUT2D eigenvalue weighted by atomic mass is 16.2. The zero-order chi connectivity index (χ0) is 24.6. The molecule has 0 radical (unpaired) electrons. The minimum atomic E-state index is -1.25. The van der Waals surface area contributed by atoms with Crippen LogP contribution < -0.4 is 5.32 Å². The van der Waals surface area contributed by atoms with Crippen LogP contribution in [-0.4, -0.2) is 71.2 Å². The third-order valence-electron chi connectivity index (χ3n) is 6.84. The molecule has 5 rings (SSSR count). The Morgan fingerprint density at radius 1 is 0.829 bits per heavy atom. The van der Waals surface area contributed by atoms with Gasteiger partial charge < -0.3 is 15.1 Å². The Kier molecular flexibility index (Phi) is 5.72. The van der Waals surface area contributed by atoms with Gasteiger partial charge in [-0.1, -0.05) is 54.6 Å². The van der Waals surface area contributed by atoms with Gasteiger partial charge in [-0.25, -0.2) is 4.79 Å². The van der Waals surface area contributed by atoms with Crippen molar-refractivity contribution >= 4 is 34.5 Å². The summed E-state index contributed by atoms with van der Waals surface area (Å²) in [6.07, 6.45) is 0. The highest BCUT2D eigenvalue weighted by Crippen LogP contribution is 2.31. The minimum Gasteiger partial charge on any atom is -0.338 e. The van der Waals surface area contributed by atoms with E-state index in [4.69, 9.17) is 0 Å². The molecule has 3 aromatic carbocycles. The monoisotopic (exact) mass is 470 g/mol. The lowest BCUT2D eigenvalue weighted by Gasteiger charge is -2.35. The van der Waals surface area contributed by atoms with E-state index in [2.05, 4.69) is 5.32 Å². The fourth-order valence-electron chi connectivity index (χ4n) is 4.69. The number of carbonyl (C=O) groups excluding carboxylic acids is 4. The molecule has 1 atom stereocenters. The van der Waals surface area contributed by atoms with Crippen LogP contribution in [0.15, 0.2) is 72.8 Å². The van der Waals surface area contributed by atoms with Crippen LogP contribution in [0.2, 0.25) is 0 Å². The molecule has 0 bridgehead atoms. The lowest BCUT2D eigenvalue weighted by molar-refractivity contribution is -0.139. The number of hydrogen-bond donors (Lipinski definition) is 1. The standard InChI is InChI=1S/C27H26N4O4/c1-27(22-12-11-19-7-5-6-10-21(19)17-22)25(34)31(26(35)28-27)18-23(32)29-13-15-30(16-14-29)24(33)20-8-3-2-4-9-20/h2-12,17H,13-16,18H2,1H3,(H,28,35)/t27-/m1/s1. The fourth-order valence-corrected chi connectivity index (χ4v) is 4.69. The Bertz CT molecular complexity index is 1320. The quantitative estimate of drug-likeness (QED) is 0.594. The van der Waals surface area contributed by atoms with Crippen LogP contribution in [0.3, 0.4) is 0 Å². The van der Waals surface area contributed by atoms with Crippen LogP contribution in [0.5, 0.6) is 0 Å². The first-order valence-electron chi connectivity index (χ1n) is 11.6. The first kappa shape index (κ1) is 22.6. The summed E-state index contributed by atoms with van der Waals surface area (Å²) in [4.78, 5) is 55.9. The second-order valence-corrected chi connectivity index (χ2v) is 9.05. The Hall–Kier alpha value is -4.20. The minimum absolute atomic E-state index is 0.0713. The molecule has 8 heteroatoms. The van der Waals surface area contributed by atoms with Crippen LogP contribution in [0.1, 0.15) is 22.8 Å². The maximum Gasteiger partial charge on any atom is 0.325 e. The summed E-state index contributed by atoms with van der Waals surface area (Å²) in [5.74, 6) is -0.843. The Balaban J connectivity index is 1.24. The summed E-state index contributed by atoms with van der Waals surface area (Å²) in [5.41, 5.74) is 0.0273. The average molecular weight is 471 g/mol. The topological polar surface area (TPSA) is 90.0 Å². The van der Waals surface area contributed by atoms with E-state index in [0.29, 0.717) is 37.3 Å². The molecule has 2 aliphatic rings. The van der Waals surface area contributed by atoms with Gasteiger partial charge in [-0.2, -0.15) is 0 Å². The number of hydrogen-bond acceptors (Lipinski definition) is 4. The van der Waals surface area contributed by atoms with E-state index >= 15 is 0 Å². The maximum absolute atomic E-state index is 13.3. The van der Waals surface area contributed by atoms with E-state index in [1.165, 1.54) is 0 Å². The van der Waals surface area contributed by atoms with Gasteiger partial charge in [0.05, 0.1) is 0 Å². The lowest BCUT2D eigenvalue weighted by Crippen LogP contribution is -2.53. The molecule has 2 heterocycles. The number of amides is 5. The van der Waals surface area contributed by atoms with Crippen molar-refractivity contribution in [3.8, 4) is 0 Å². The van der Waals surface area contributed by atoms with Crippen LogP contribution in [-0.2, 0) is 15.1 Å². The molecule has 178 valence electrons. The Morgan fingerprint density at radius 2 is 1.46 bits per heavy atom. The third-order valence-corrected chi connectivity index (χ3v) is 6.84. The van der Waals surface area contributed by atoms with Gasteiger partial charge in [0.15, 0.2) is 0 Å². The van der Waals surface area contributed by atoms with Gasteiger partial charge in [0.25, 0.3) is 11.8 Å². The van der Waals surface area contributed by atoms with E-state index < -0.39 is 17.5 Å². The SMILES string of the molecule is C[C@]1(c2ccc3ccccc3c2)NC(=O)N(CC(=O)N2CCN(C(=O)c3ccccc3)CC2)C1=O. The van der Waals surface area contributed by atoms with Gasteiger partial charge in [0, 0.05) is 31.7 Å². The molecular weight excluding hydrogens is 444 g/mol. The molecule has 1 N–H and O–H groups in total. The molecule has 2 saturated heterocycles. The van der Waals surface area contributed by atoms with Crippen LogP contribution in [0, 0.1) is 0 Å². The largest absolute Gasteiger partial charge is 0.338 e. The van der Waals surface area contributed by atoms with Gasteiger partial charge in [0.1, 0.15) is 12.1 Å².